The summed E-state index contributed by atoms with van der Waals surface area (Å²) in [5.41, 5.74) is 6.59. The van der Waals surface area contributed by atoms with Gasteiger partial charge in [-0.05, 0) is 34.1 Å². The molecular weight excluding hydrogens is 313 g/mol. The zero-order chi connectivity index (χ0) is 13.4. The molecule has 2 N–H and O–H groups in total. The number of hydrogen-bond acceptors (Lipinski definition) is 3. The van der Waals surface area contributed by atoms with E-state index in [4.69, 9.17) is 10.5 Å². The van der Waals surface area contributed by atoms with Crippen LogP contribution in [0.4, 0.5) is 10.1 Å². The van der Waals surface area contributed by atoms with Gasteiger partial charge in [-0.3, -0.25) is 0 Å². The minimum absolute atomic E-state index is 0.121. The van der Waals surface area contributed by atoms with Gasteiger partial charge in [0.15, 0.2) is 17.3 Å². The molecule has 4 nitrogen and oxygen atoms in total. The molecule has 0 aliphatic heterocycles. The summed E-state index contributed by atoms with van der Waals surface area (Å²) in [6, 6.07) is 7.83. The Morgan fingerprint density at radius 3 is 2.84 bits per heavy atom. The molecule has 0 atom stereocenters. The molecule has 2 heterocycles. The van der Waals surface area contributed by atoms with Crippen LogP contribution in [0.25, 0.3) is 5.52 Å². The molecule has 0 aliphatic carbocycles. The monoisotopic (exact) mass is 321 g/mol. The first kappa shape index (κ1) is 12.0. The second-order valence-electron chi connectivity index (χ2n) is 3.94. The van der Waals surface area contributed by atoms with Gasteiger partial charge in [-0.25, -0.2) is 8.91 Å². The van der Waals surface area contributed by atoms with Crippen molar-refractivity contribution in [3.63, 3.8) is 0 Å². The molecule has 0 spiro atoms. The standard InChI is InChI=1S/C13H9BrFN3O/c14-9-4-6-18-13(9)12(3-5-17-18)19-11-2-1-8(16)7-10(11)15/h1-7H,16H2. The first-order valence-corrected chi connectivity index (χ1v) is 6.29. The van der Waals surface area contributed by atoms with E-state index in [0.717, 1.165) is 9.99 Å². The van der Waals surface area contributed by atoms with Crippen LogP contribution in [-0.2, 0) is 0 Å². The lowest BCUT2D eigenvalue weighted by atomic mass is 10.3. The van der Waals surface area contributed by atoms with Gasteiger partial charge in [0.05, 0.1) is 6.20 Å². The molecule has 0 saturated carbocycles. The summed E-state index contributed by atoms with van der Waals surface area (Å²) in [4.78, 5) is 0. The highest BCUT2D eigenvalue weighted by molar-refractivity contribution is 9.10. The van der Waals surface area contributed by atoms with Crippen LogP contribution in [0.3, 0.4) is 0 Å². The van der Waals surface area contributed by atoms with Crippen LogP contribution >= 0.6 is 15.9 Å². The van der Waals surface area contributed by atoms with Crippen molar-refractivity contribution in [3.05, 3.63) is 53.0 Å². The molecular formula is C13H9BrFN3O. The van der Waals surface area contributed by atoms with E-state index in [2.05, 4.69) is 21.0 Å². The number of anilines is 1. The summed E-state index contributed by atoms with van der Waals surface area (Å²) in [6.07, 6.45) is 3.37. The summed E-state index contributed by atoms with van der Waals surface area (Å²) in [5, 5.41) is 4.13. The van der Waals surface area contributed by atoms with Gasteiger partial charge in [0.1, 0.15) is 5.52 Å². The lowest BCUT2D eigenvalue weighted by Gasteiger charge is -2.09. The highest BCUT2D eigenvalue weighted by Gasteiger charge is 2.11. The number of benzene rings is 1. The minimum Gasteiger partial charge on any atom is -0.452 e. The van der Waals surface area contributed by atoms with E-state index in [0.29, 0.717) is 11.4 Å². The Morgan fingerprint density at radius 1 is 1.21 bits per heavy atom. The molecule has 0 saturated heterocycles. The van der Waals surface area contributed by atoms with Crippen LogP contribution < -0.4 is 10.5 Å². The third-order valence-electron chi connectivity index (χ3n) is 2.64. The quantitative estimate of drug-likeness (QED) is 0.733. The smallest absolute Gasteiger partial charge is 0.167 e. The first-order valence-electron chi connectivity index (χ1n) is 5.50. The molecule has 19 heavy (non-hydrogen) atoms. The fraction of sp³-hybridized carbons (Fsp3) is 0. The van der Waals surface area contributed by atoms with Crippen molar-refractivity contribution >= 4 is 27.1 Å². The number of rotatable bonds is 2. The van der Waals surface area contributed by atoms with Crippen molar-refractivity contribution in [3.8, 4) is 11.5 Å². The van der Waals surface area contributed by atoms with E-state index in [9.17, 15) is 4.39 Å². The molecule has 1 aromatic carbocycles. The highest BCUT2D eigenvalue weighted by atomic mass is 79.9. The number of nitrogen functional groups attached to an aromatic ring is 1. The van der Waals surface area contributed by atoms with Gasteiger partial charge in [-0.2, -0.15) is 5.10 Å². The van der Waals surface area contributed by atoms with Crippen molar-refractivity contribution in [2.24, 2.45) is 0 Å². The van der Waals surface area contributed by atoms with E-state index >= 15 is 0 Å². The van der Waals surface area contributed by atoms with Crippen LogP contribution in [0.1, 0.15) is 0 Å². The number of halogens is 2. The average Bonchev–Trinajstić information content (AvgIpc) is 2.76. The van der Waals surface area contributed by atoms with Crippen molar-refractivity contribution in [2.75, 3.05) is 5.73 Å². The minimum atomic E-state index is -0.502. The molecule has 2 aromatic heterocycles. The van der Waals surface area contributed by atoms with E-state index in [1.165, 1.54) is 12.1 Å². The Hall–Kier alpha value is -2.08. The Labute approximate surface area is 116 Å². The number of nitrogens with two attached hydrogens (primary N) is 1. The molecule has 0 amide bonds. The average molecular weight is 322 g/mol. The van der Waals surface area contributed by atoms with Crippen molar-refractivity contribution < 1.29 is 9.13 Å². The number of ether oxygens (including phenoxy) is 1. The molecule has 0 unspecified atom stereocenters. The van der Waals surface area contributed by atoms with E-state index < -0.39 is 5.82 Å². The molecule has 0 fully saturated rings. The maximum atomic E-state index is 13.7. The lowest BCUT2D eigenvalue weighted by Crippen LogP contribution is -1.95. The Balaban J connectivity index is 2.08. The Kier molecular flexibility index (Phi) is 2.87. The molecule has 0 bridgehead atoms. The zero-order valence-electron chi connectivity index (χ0n) is 9.68. The zero-order valence-corrected chi connectivity index (χ0v) is 11.3. The third-order valence-corrected chi connectivity index (χ3v) is 3.28. The summed E-state index contributed by atoms with van der Waals surface area (Å²) in [7, 11) is 0. The van der Waals surface area contributed by atoms with Gasteiger partial charge in [-0.15, -0.1) is 0 Å². The van der Waals surface area contributed by atoms with Gasteiger partial charge < -0.3 is 10.5 Å². The highest BCUT2D eigenvalue weighted by Crippen LogP contribution is 2.32. The number of hydrogen-bond donors (Lipinski definition) is 1. The van der Waals surface area contributed by atoms with Gasteiger partial charge >= 0.3 is 0 Å². The normalized spacial score (nSPS) is 10.8. The Bertz CT molecular complexity index is 757. The van der Waals surface area contributed by atoms with Crippen LogP contribution in [0.5, 0.6) is 11.5 Å². The fourth-order valence-corrected chi connectivity index (χ4v) is 2.27. The predicted molar refractivity (Wildman–Crippen MR) is 73.8 cm³/mol. The lowest BCUT2D eigenvalue weighted by molar-refractivity contribution is 0.444. The predicted octanol–water partition coefficient (Wildman–Crippen LogP) is 3.61. The molecule has 96 valence electrons. The van der Waals surface area contributed by atoms with Crippen LogP contribution in [-0.4, -0.2) is 9.61 Å². The van der Waals surface area contributed by atoms with Crippen LogP contribution in [0.2, 0.25) is 0 Å². The largest absolute Gasteiger partial charge is 0.452 e. The second-order valence-corrected chi connectivity index (χ2v) is 4.80. The second kappa shape index (κ2) is 4.55. The molecule has 6 heteroatoms. The molecule has 3 rings (SSSR count). The van der Waals surface area contributed by atoms with Crippen molar-refractivity contribution in [2.45, 2.75) is 0 Å². The van der Waals surface area contributed by atoms with Gasteiger partial charge in [0.2, 0.25) is 0 Å². The third kappa shape index (κ3) is 2.15. The number of fused-ring (bicyclic) bond motifs is 1. The van der Waals surface area contributed by atoms with Gasteiger partial charge in [0.25, 0.3) is 0 Å². The summed E-state index contributed by atoms with van der Waals surface area (Å²) in [5.74, 6) is 0.128. The van der Waals surface area contributed by atoms with Crippen molar-refractivity contribution in [1.82, 2.24) is 9.61 Å². The summed E-state index contributed by atoms with van der Waals surface area (Å²) >= 11 is 3.41. The molecule has 3 aromatic rings. The first-order chi connectivity index (χ1) is 9.15. The summed E-state index contributed by atoms with van der Waals surface area (Å²) < 4.78 is 21.8. The number of aromatic nitrogens is 2. The van der Waals surface area contributed by atoms with Gasteiger partial charge in [-0.1, -0.05) is 0 Å². The fourth-order valence-electron chi connectivity index (χ4n) is 1.78. The molecule has 0 aliphatic rings. The van der Waals surface area contributed by atoms with E-state index in [-0.39, 0.29) is 5.75 Å². The van der Waals surface area contributed by atoms with E-state index in [1.54, 1.807) is 29.0 Å². The van der Waals surface area contributed by atoms with Gasteiger partial charge in [0, 0.05) is 28.5 Å². The number of nitrogens with zero attached hydrogens (tertiary/aromatic N) is 2. The maximum Gasteiger partial charge on any atom is 0.167 e. The Morgan fingerprint density at radius 2 is 2.05 bits per heavy atom. The maximum absolute atomic E-state index is 13.7. The van der Waals surface area contributed by atoms with E-state index in [1.807, 2.05) is 6.07 Å². The summed E-state index contributed by atoms with van der Waals surface area (Å²) in [6.45, 7) is 0. The van der Waals surface area contributed by atoms with Crippen LogP contribution in [0, 0.1) is 5.82 Å². The molecule has 0 radical (unpaired) electrons. The topological polar surface area (TPSA) is 52.5 Å². The SMILES string of the molecule is Nc1ccc(Oc2ccnn3ccc(Br)c23)c(F)c1. The van der Waals surface area contributed by atoms with Crippen molar-refractivity contribution in [1.29, 1.82) is 0 Å². The van der Waals surface area contributed by atoms with Crippen LogP contribution in [0.15, 0.2) is 47.2 Å².